The second-order valence-corrected chi connectivity index (χ2v) is 4.61. The van der Waals surface area contributed by atoms with Gasteiger partial charge in [0.2, 0.25) is 0 Å². The zero-order valence-electron chi connectivity index (χ0n) is 8.82. The summed E-state index contributed by atoms with van der Waals surface area (Å²) < 4.78 is 4.77. The average Bonchev–Trinajstić information content (AvgIpc) is 2.42. The molecular formula is C10H18N2O2. The van der Waals surface area contributed by atoms with Crippen molar-refractivity contribution in [2.45, 2.75) is 43.3 Å². The van der Waals surface area contributed by atoms with E-state index in [1.807, 2.05) is 0 Å². The lowest BCUT2D eigenvalue weighted by Gasteiger charge is -2.40. The summed E-state index contributed by atoms with van der Waals surface area (Å²) in [6, 6.07) is 0.940. The van der Waals surface area contributed by atoms with E-state index >= 15 is 0 Å². The number of esters is 1. The zero-order chi connectivity index (χ0) is 10.3. The third-order valence-corrected chi connectivity index (χ3v) is 3.78. The lowest BCUT2D eigenvalue weighted by molar-refractivity contribution is -0.150. The van der Waals surface area contributed by atoms with E-state index in [0.717, 1.165) is 25.7 Å². The lowest BCUT2D eigenvalue weighted by Crippen LogP contribution is -2.59. The standard InChI is InChI=1S/C10H18N2O2/c1-12-7-3-4-8(12)6-10(11,5-7)9(13)14-2/h7-8H,3-6,11H2,1-2H3. The second-order valence-electron chi connectivity index (χ2n) is 4.61. The third-order valence-electron chi connectivity index (χ3n) is 3.78. The van der Waals surface area contributed by atoms with Crippen LogP contribution in [0.1, 0.15) is 25.7 Å². The van der Waals surface area contributed by atoms with Crippen molar-refractivity contribution in [1.82, 2.24) is 4.90 Å². The molecule has 2 heterocycles. The van der Waals surface area contributed by atoms with Crippen LogP contribution in [0.5, 0.6) is 0 Å². The minimum Gasteiger partial charge on any atom is -0.468 e. The number of rotatable bonds is 1. The van der Waals surface area contributed by atoms with E-state index in [-0.39, 0.29) is 5.97 Å². The van der Waals surface area contributed by atoms with E-state index in [2.05, 4.69) is 11.9 Å². The topological polar surface area (TPSA) is 55.6 Å². The first-order valence-electron chi connectivity index (χ1n) is 5.16. The van der Waals surface area contributed by atoms with Crippen LogP contribution in [0, 0.1) is 0 Å². The zero-order valence-corrected chi connectivity index (χ0v) is 8.82. The van der Waals surface area contributed by atoms with Crippen LogP contribution in [0.3, 0.4) is 0 Å². The fourth-order valence-electron chi connectivity index (χ4n) is 2.88. The number of hydrogen-bond donors (Lipinski definition) is 1. The molecule has 2 atom stereocenters. The molecule has 4 heteroatoms. The van der Waals surface area contributed by atoms with Crippen LogP contribution in [-0.4, -0.2) is 42.6 Å². The quantitative estimate of drug-likeness (QED) is 0.608. The van der Waals surface area contributed by atoms with E-state index < -0.39 is 5.54 Å². The molecule has 80 valence electrons. The summed E-state index contributed by atoms with van der Waals surface area (Å²) in [5, 5.41) is 0. The highest BCUT2D eigenvalue weighted by atomic mass is 16.5. The van der Waals surface area contributed by atoms with Gasteiger partial charge in [0.1, 0.15) is 5.54 Å². The Bertz CT molecular complexity index is 241. The molecule has 0 aliphatic carbocycles. The highest BCUT2D eigenvalue weighted by Gasteiger charge is 2.49. The van der Waals surface area contributed by atoms with Gasteiger partial charge in [0.15, 0.2) is 0 Å². The fourth-order valence-corrected chi connectivity index (χ4v) is 2.88. The molecule has 0 spiro atoms. The molecule has 2 fully saturated rings. The Morgan fingerprint density at radius 3 is 2.36 bits per heavy atom. The maximum Gasteiger partial charge on any atom is 0.325 e. The number of piperidine rings is 1. The molecule has 0 aromatic heterocycles. The minimum absolute atomic E-state index is 0.248. The van der Waals surface area contributed by atoms with Crippen molar-refractivity contribution < 1.29 is 9.53 Å². The van der Waals surface area contributed by atoms with Gasteiger partial charge >= 0.3 is 5.97 Å². The number of nitrogens with two attached hydrogens (primary N) is 1. The van der Waals surface area contributed by atoms with Crippen LogP contribution in [0.2, 0.25) is 0 Å². The molecule has 2 rings (SSSR count). The number of carbonyl (C=O) groups excluding carboxylic acids is 1. The van der Waals surface area contributed by atoms with Gasteiger partial charge in [0.05, 0.1) is 7.11 Å². The van der Waals surface area contributed by atoms with Gasteiger partial charge in [-0.2, -0.15) is 0 Å². The fraction of sp³-hybridized carbons (Fsp3) is 0.900. The van der Waals surface area contributed by atoms with Gasteiger partial charge in [-0.15, -0.1) is 0 Å². The number of methoxy groups -OCH3 is 1. The van der Waals surface area contributed by atoms with Gasteiger partial charge in [-0.05, 0) is 32.7 Å². The number of ether oxygens (including phenoxy) is 1. The Hall–Kier alpha value is -0.610. The minimum atomic E-state index is -0.729. The van der Waals surface area contributed by atoms with Crippen molar-refractivity contribution in [2.75, 3.05) is 14.2 Å². The van der Waals surface area contributed by atoms with Crippen molar-refractivity contribution in [3.63, 3.8) is 0 Å². The molecule has 0 aromatic rings. The molecule has 2 saturated heterocycles. The molecule has 0 amide bonds. The summed E-state index contributed by atoms with van der Waals surface area (Å²) in [6.45, 7) is 0. The molecule has 0 saturated carbocycles. The van der Waals surface area contributed by atoms with Crippen molar-refractivity contribution in [3.05, 3.63) is 0 Å². The maximum atomic E-state index is 11.5. The van der Waals surface area contributed by atoms with Gasteiger partial charge in [-0.1, -0.05) is 0 Å². The summed E-state index contributed by atoms with van der Waals surface area (Å²) in [5.41, 5.74) is 5.37. The van der Waals surface area contributed by atoms with E-state index in [0.29, 0.717) is 12.1 Å². The predicted octanol–water partition coefficient (Wildman–Crippen LogP) is 0.114. The normalized spacial score (nSPS) is 42.5. The van der Waals surface area contributed by atoms with Gasteiger partial charge in [0, 0.05) is 12.1 Å². The molecular weight excluding hydrogens is 180 g/mol. The van der Waals surface area contributed by atoms with Gasteiger partial charge < -0.3 is 15.4 Å². The van der Waals surface area contributed by atoms with Crippen LogP contribution in [0.15, 0.2) is 0 Å². The number of carbonyl (C=O) groups is 1. The molecule has 0 radical (unpaired) electrons. The predicted molar refractivity (Wildman–Crippen MR) is 52.7 cm³/mol. The van der Waals surface area contributed by atoms with Gasteiger partial charge in [0.25, 0.3) is 0 Å². The van der Waals surface area contributed by atoms with Crippen LogP contribution < -0.4 is 5.73 Å². The molecule has 4 nitrogen and oxygen atoms in total. The number of fused-ring (bicyclic) bond motifs is 2. The smallest absolute Gasteiger partial charge is 0.325 e. The number of hydrogen-bond acceptors (Lipinski definition) is 4. The molecule has 2 N–H and O–H groups in total. The summed E-state index contributed by atoms with van der Waals surface area (Å²) in [7, 11) is 3.54. The van der Waals surface area contributed by atoms with Crippen LogP contribution in [-0.2, 0) is 9.53 Å². The van der Waals surface area contributed by atoms with Crippen molar-refractivity contribution in [3.8, 4) is 0 Å². The SMILES string of the molecule is COC(=O)C1(N)CC2CCC(C1)N2C. The Labute approximate surface area is 84.4 Å². The highest BCUT2D eigenvalue weighted by Crippen LogP contribution is 2.38. The Morgan fingerprint density at radius 2 is 1.93 bits per heavy atom. The van der Waals surface area contributed by atoms with E-state index in [9.17, 15) is 4.79 Å². The maximum absolute atomic E-state index is 11.5. The third kappa shape index (κ3) is 1.33. The summed E-state index contributed by atoms with van der Waals surface area (Å²) >= 11 is 0. The second kappa shape index (κ2) is 3.21. The van der Waals surface area contributed by atoms with Gasteiger partial charge in [-0.25, -0.2) is 0 Å². The van der Waals surface area contributed by atoms with Crippen molar-refractivity contribution in [2.24, 2.45) is 5.73 Å². The molecule has 2 aliphatic rings. The van der Waals surface area contributed by atoms with E-state index in [1.54, 1.807) is 0 Å². The molecule has 2 aliphatic heterocycles. The number of nitrogens with zero attached hydrogens (tertiary/aromatic N) is 1. The largest absolute Gasteiger partial charge is 0.468 e. The van der Waals surface area contributed by atoms with E-state index in [1.165, 1.54) is 7.11 Å². The highest BCUT2D eigenvalue weighted by molar-refractivity contribution is 5.80. The van der Waals surface area contributed by atoms with Crippen LogP contribution >= 0.6 is 0 Å². The summed E-state index contributed by atoms with van der Waals surface area (Å²) in [4.78, 5) is 13.9. The van der Waals surface area contributed by atoms with Crippen LogP contribution in [0.25, 0.3) is 0 Å². The molecule has 14 heavy (non-hydrogen) atoms. The van der Waals surface area contributed by atoms with E-state index in [4.69, 9.17) is 10.5 Å². The van der Waals surface area contributed by atoms with Gasteiger partial charge in [-0.3, -0.25) is 4.79 Å². The Kier molecular flexibility index (Phi) is 2.27. The Balaban J connectivity index is 2.15. The lowest BCUT2D eigenvalue weighted by atomic mass is 9.84. The first kappa shape index (κ1) is 9.93. The summed E-state index contributed by atoms with van der Waals surface area (Å²) in [5.74, 6) is -0.248. The molecule has 0 aromatic carbocycles. The first-order valence-corrected chi connectivity index (χ1v) is 5.16. The monoisotopic (exact) mass is 198 g/mol. The first-order chi connectivity index (χ1) is 6.57. The van der Waals surface area contributed by atoms with Crippen LogP contribution in [0.4, 0.5) is 0 Å². The van der Waals surface area contributed by atoms with Crippen molar-refractivity contribution in [1.29, 1.82) is 0 Å². The summed E-state index contributed by atoms with van der Waals surface area (Å²) in [6.07, 6.45) is 3.81. The van der Waals surface area contributed by atoms with Crippen molar-refractivity contribution >= 4 is 5.97 Å². The average molecular weight is 198 g/mol. The Morgan fingerprint density at radius 1 is 1.43 bits per heavy atom. The molecule has 2 bridgehead atoms. The molecule has 2 unspecified atom stereocenters.